The molecule has 0 atom stereocenters. The Bertz CT molecular complexity index is 1600. The van der Waals surface area contributed by atoms with Crippen LogP contribution in [0.3, 0.4) is 0 Å². The van der Waals surface area contributed by atoms with E-state index in [9.17, 15) is 14.9 Å². The number of benzene rings is 3. The Labute approximate surface area is 236 Å². The quantitative estimate of drug-likeness (QED) is 0.157. The van der Waals surface area contributed by atoms with Gasteiger partial charge in [-0.15, -0.1) is 12.4 Å². The van der Waals surface area contributed by atoms with Gasteiger partial charge in [-0.1, -0.05) is 0 Å². The number of carbonyl (C=O) groups excluding carboxylic acids is 1. The SMILES string of the molecule is Cl.Cn1cc[c+](Nc2ccc(C(=O)Nc3ccc(Nc4ccnc5cc([N+](=O)[O-])ccc45)cc3)cc2)cc1.[Cl-]. The smallest absolute Gasteiger partial charge is 0.271 e. The van der Waals surface area contributed by atoms with Crippen molar-refractivity contribution in [1.82, 2.24) is 9.55 Å². The molecule has 5 aromatic rings. The molecule has 0 fully saturated rings. The van der Waals surface area contributed by atoms with Crippen molar-refractivity contribution < 1.29 is 22.1 Å². The van der Waals surface area contributed by atoms with Crippen LogP contribution in [0.15, 0.2) is 104 Å². The van der Waals surface area contributed by atoms with Crippen molar-refractivity contribution in [1.29, 1.82) is 0 Å². The molecule has 0 aliphatic rings. The predicted molar refractivity (Wildman–Crippen MR) is 153 cm³/mol. The van der Waals surface area contributed by atoms with Gasteiger partial charge in [-0.05, 0) is 48.5 Å². The topological polar surface area (TPSA) is 114 Å². The lowest BCUT2D eigenvalue weighted by atomic mass is 10.1. The standard InChI is InChI=1S/C28H22N6O3.2ClH/c1-33-16-13-23(14-17-33)30-20-4-2-19(3-5-20)28(35)32-22-8-6-21(7-9-22)31-26-12-15-29-27-18-24(34(36)37)10-11-25(26)27;;/h2-18H,1H3,(H2-,29,30,31,32,35);2*1H. The van der Waals surface area contributed by atoms with Crippen LogP contribution in [0, 0.1) is 10.1 Å². The molecular weight excluding hydrogens is 539 g/mol. The molecule has 0 saturated heterocycles. The Morgan fingerprint density at radius 2 is 1.56 bits per heavy atom. The van der Waals surface area contributed by atoms with Crippen LogP contribution in [0.4, 0.5) is 34.1 Å². The number of aromatic nitrogens is 2. The number of nitrogens with one attached hydrogen (secondary N) is 3. The van der Waals surface area contributed by atoms with E-state index in [0.717, 1.165) is 28.1 Å². The van der Waals surface area contributed by atoms with Crippen molar-refractivity contribution in [3.8, 4) is 0 Å². The molecule has 0 spiro atoms. The van der Waals surface area contributed by atoms with E-state index >= 15 is 0 Å². The number of rotatable bonds is 7. The first-order valence-electron chi connectivity index (χ1n) is 11.5. The average molecular weight is 563 g/mol. The van der Waals surface area contributed by atoms with Gasteiger partial charge in [0.2, 0.25) is 0 Å². The second-order valence-corrected chi connectivity index (χ2v) is 8.43. The maximum atomic E-state index is 12.7. The van der Waals surface area contributed by atoms with E-state index in [0.29, 0.717) is 16.8 Å². The molecule has 9 nitrogen and oxygen atoms in total. The number of nitro benzene ring substituents is 1. The van der Waals surface area contributed by atoms with Gasteiger partial charge in [0.05, 0.1) is 35.0 Å². The van der Waals surface area contributed by atoms with E-state index in [-0.39, 0.29) is 36.4 Å². The summed E-state index contributed by atoms with van der Waals surface area (Å²) in [5.74, 6) is -0.208. The molecule has 0 aliphatic carbocycles. The Balaban J connectivity index is 0.00000210. The van der Waals surface area contributed by atoms with Crippen LogP contribution in [0.1, 0.15) is 10.4 Å². The second kappa shape index (κ2) is 12.7. The lowest BCUT2D eigenvalue weighted by Crippen LogP contribution is -3.00. The summed E-state index contributed by atoms with van der Waals surface area (Å²) < 4.78 is 1.96. The van der Waals surface area contributed by atoms with E-state index in [2.05, 4.69) is 20.9 Å². The Morgan fingerprint density at radius 1 is 0.923 bits per heavy atom. The summed E-state index contributed by atoms with van der Waals surface area (Å²) in [5.41, 5.74) is 5.15. The van der Waals surface area contributed by atoms with Gasteiger partial charge in [0.15, 0.2) is 0 Å². The first-order valence-corrected chi connectivity index (χ1v) is 11.5. The third-order valence-electron chi connectivity index (χ3n) is 5.77. The monoisotopic (exact) mass is 562 g/mol. The summed E-state index contributed by atoms with van der Waals surface area (Å²) in [6, 6.07) is 24.9. The minimum absolute atomic E-state index is 0. The number of anilines is 5. The number of carbonyl (C=O) groups is 1. The Hall–Kier alpha value is -4.73. The molecular formula is C28H24Cl2N6O3. The van der Waals surface area contributed by atoms with Crippen molar-refractivity contribution in [2.24, 2.45) is 7.05 Å². The molecule has 2 heterocycles. The number of hydrogen-bond donors (Lipinski definition) is 3. The molecule has 0 aliphatic heterocycles. The van der Waals surface area contributed by atoms with Crippen LogP contribution in [0.2, 0.25) is 0 Å². The fraction of sp³-hybridized carbons (Fsp3) is 0.0357. The summed E-state index contributed by atoms with van der Waals surface area (Å²) in [4.78, 5) is 27.5. The first-order chi connectivity index (χ1) is 17.9. The second-order valence-electron chi connectivity index (χ2n) is 8.43. The molecule has 5 rings (SSSR count). The third-order valence-corrected chi connectivity index (χ3v) is 5.77. The van der Waals surface area contributed by atoms with E-state index in [4.69, 9.17) is 0 Å². The van der Waals surface area contributed by atoms with Crippen LogP contribution in [-0.2, 0) is 7.05 Å². The van der Waals surface area contributed by atoms with Gasteiger partial charge in [0, 0.05) is 65.5 Å². The largest absolute Gasteiger partial charge is 1.00 e. The summed E-state index contributed by atoms with van der Waals surface area (Å²) >= 11 is 0. The van der Waals surface area contributed by atoms with Crippen LogP contribution in [0.5, 0.6) is 0 Å². The summed E-state index contributed by atoms with van der Waals surface area (Å²) in [5, 5.41) is 21.3. The van der Waals surface area contributed by atoms with E-state index < -0.39 is 4.92 Å². The van der Waals surface area contributed by atoms with Gasteiger partial charge in [-0.2, -0.15) is 0 Å². The zero-order chi connectivity index (χ0) is 25.8. The number of halogens is 2. The fourth-order valence-electron chi connectivity index (χ4n) is 3.81. The lowest BCUT2D eigenvalue weighted by molar-refractivity contribution is -0.384. The van der Waals surface area contributed by atoms with E-state index in [1.165, 1.54) is 12.1 Å². The zero-order valence-electron chi connectivity index (χ0n) is 20.7. The number of pyridine rings is 2. The number of fused-ring (bicyclic) bond motifs is 1. The van der Waals surface area contributed by atoms with Gasteiger partial charge >= 0.3 is 0 Å². The lowest BCUT2D eigenvalue weighted by Gasteiger charge is -2.11. The van der Waals surface area contributed by atoms with Crippen molar-refractivity contribution in [3.63, 3.8) is 0 Å². The molecule has 0 saturated carbocycles. The maximum Gasteiger partial charge on any atom is 0.271 e. The highest BCUT2D eigenvalue weighted by atomic mass is 35.5. The van der Waals surface area contributed by atoms with Crippen molar-refractivity contribution in [3.05, 3.63) is 119 Å². The summed E-state index contributed by atoms with van der Waals surface area (Å²) in [6.45, 7) is 0. The molecule has 198 valence electrons. The van der Waals surface area contributed by atoms with Crippen molar-refractivity contribution in [2.45, 2.75) is 0 Å². The van der Waals surface area contributed by atoms with Gasteiger partial charge in [0.1, 0.15) is 11.4 Å². The third kappa shape index (κ3) is 6.98. The maximum absolute atomic E-state index is 12.7. The Kier molecular flexibility index (Phi) is 9.38. The van der Waals surface area contributed by atoms with Crippen molar-refractivity contribution in [2.75, 3.05) is 16.0 Å². The molecule has 3 N–H and O–H groups in total. The number of aryl methyl sites for hydroxylation is 1. The first kappa shape index (κ1) is 28.8. The number of amides is 1. The van der Waals surface area contributed by atoms with Gasteiger partial charge in [0.25, 0.3) is 11.6 Å². The summed E-state index contributed by atoms with van der Waals surface area (Å²) in [6.07, 6.45) is 5.51. The minimum atomic E-state index is -0.440. The molecule has 0 bridgehead atoms. The van der Waals surface area contributed by atoms with Gasteiger partial charge in [-0.25, -0.2) is 0 Å². The van der Waals surface area contributed by atoms with Crippen LogP contribution in [0.25, 0.3) is 10.9 Å². The highest BCUT2D eigenvalue weighted by molar-refractivity contribution is 6.04. The number of nitro groups is 1. The molecule has 0 radical (unpaired) electrons. The highest BCUT2D eigenvalue weighted by Gasteiger charge is 2.11. The van der Waals surface area contributed by atoms with Gasteiger partial charge < -0.3 is 23.0 Å². The molecule has 2 aromatic heterocycles. The summed E-state index contributed by atoms with van der Waals surface area (Å²) in [7, 11) is 1.96. The van der Waals surface area contributed by atoms with Crippen LogP contribution >= 0.6 is 12.4 Å². The predicted octanol–water partition coefficient (Wildman–Crippen LogP) is 3.93. The van der Waals surface area contributed by atoms with E-state index in [1.54, 1.807) is 42.6 Å². The zero-order valence-corrected chi connectivity index (χ0v) is 22.2. The molecule has 0 unspecified atom stereocenters. The average Bonchev–Trinajstić information content (AvgIpc) is 2.91. The molecule has 1 amide bonds. The molecule has 39 heavy (non-hydrogen) atoms. The Morgan fingerprint density at radius 3 is 2.23 bits per heavy atom. The minimum Gasteiger partial charge on any atom is -1.00 e. The molecule has 3 aromatic carbocycles. The molecule has 11 heteroatoms. The van der Waals surface area contributed by atoms with E-state index in [1.807, 2.05) is 60.4 Å². The van der Waals surface area contributed by atoms with Crippen LogP contribution in [-0.4, -0.2) is 20.4 Å². The number of nitrogens with zero attached hydrogens (tertiary/aromatic N) is 3. The van der Waals surface area contributed by atoms with Gasteiger partial charge in [-0.3, -0.25) is 29.8 Å². The number of non-ortho nitro benzene ring substituents is 1. The van der Waals surface area contributed by atoms with Crippen LogP contribution < -0.4 is 28.4 Å². The van der Waals surface area contributed by atoms with Crippen molar-refractivity contribution >= 4 is 63.3 Å². The number of hydrogen-bond acceptors (Lipinski definition) is 6. The highest BCUT2D eigenvalue weighted by Crippen LogP contribution is 2.28. The normalized spacial score (nSPS) is 10.1. The fourth-order valence-corrected chi connectivity index (χ4v) is 3.81.